The number of carbonyl (C=O) groups is 2. The summed E-state index contributed by atoms with van der Waals surface area (Å²) >= 11 is 0. The highest BCUT2D eigenvalue weighted by molar-refractivity contribution is 6.02. The van der Waals surface area contributed by atoms with Crippen LogP contribution in [0.1, 0.15) is 35.7 Å². The Hall–Kier alpha value is -3.74. The van der Waals surface area contributed by atoms with E-state index in [2.05, 4.69) is 15.5 Å². The molecule has 30 heavy (non-hydrogen) atoms. The minimum Gasteiger partial charge on any atom is -0.493 e. The second-order valence-electron chi connectivity index (χ2n) is 6.64. The fourth-order valence-electron chi connectivity index (χ4n) is 2.92. The fourth-order valence-corrected chi connectivity index (χ4v) is 2.92. The Bertz CT molecular complexity index is 1110. The number of pyridine rings is 1. The average molecular weight is 405 g/mol. The van der Waals surface area contributed by atoms with Crippen LogP contribution < -0.4 is 14.9 Å². The molecular weight excluding hydrogens is 382 g/mol. The Kier molecular flexibility index (Phi) is 6.75. The van der Waals surface area contributed by atoms with Crippen molar-refractivity contribution < 1.29 is 19.1 Å². The maximum Gasteiger partial charge on any atom is 0.240 e. The molecule has 0 radical (unpaired) electrons. The number of Topliss-reactive ketones (excluding diaryl/α,β-unsaturated/α-hetero) is 1. The van der Waals surface area contributed by atoms with Crippen LogP contribution in [0.25, 0.3) is 10.9 Å². The maximum atomic E-state index is 12.4. The zero-order chi connectivity index (χ0) is 21.5. The van der Waals surface area contributed by atoms with E-state index in [4.69, 9.17) is 9.47 Å². The molecule has 0 saturated carbocycles. The molecule has 0 bridgehead atoms. The number of amides is 1. The van der Waals surface area contributed by atoms with Gasteiger partial charge in [0, 0.05) is 35.6 Å². The molecule has 0 spiro atoms. The van der Waals surface area contributed by atoms with Crippen molar-refractivity contribution in [2.45, 2.75) is 19.8 Å². The number of rotatable bonds is 8. The van der Waals surface area contributed by atoms with Crippen LogP contribution in [0.15, 0.2) is 59.8 Å². The summed E-state index contributed by atoms with van der Waals surface area (Å²) in [6, 6.07) is 14.7. The lowest BCUT2D eigenvalue weighted by Crippen LogP contribution is -2.20. The SMILES string of the molecule is COc1ccc(C(=O)CCC(=O)N/N=C(\C)c2cnc3ccccc3c2)cc1OC. The van der Waals surface area contributed by atoms with E-state index in [1.807, 2.05) is 30.3 Å². The van der Waals surface area contributed by atoms with E-state index in [1.165, 1.54) is 14.2 Å². The molecule has 0 aliphatic carbocycles. The number of methoxy groups -OCH3 is 2. The summed E-state index contributed by atoms with van der Waals surface area (Å²) in [4.78, 5) is 28.9. The van der Waals surface area contributed by atoms with E-state index >= 15 is 0 Å². The van der Waals surface area contributed by atoms with Crippen molar-refractivity contribution in [3.63, 3.8) is 0 Å². The van der Waals surface area contributed by atoms with Gasteiger partial charge in [-0.3, -0.25) is 14.6 Å². The number of nitrogens with zero attached hydrogens (tertiary/aromatic N) is 2. The molecule has 154 valence electrons. The first-order valence-electron chi connectivity index (χ1n) is 9.45. The van der Waals surface area contributed by atoms with Crippen molar-refractivity contribution >= 4 is 28.3 Å². The molecule has 0 atom stereocenters. The van der Waals surface area contributed by atoms with Gasteiger partial charge in [-0.1, -0.05) is 18.2 Å². The summed E-state index contributed by atoms with van der Waals surface area (Å²) in [7, 11) is 3.03. The van der Waals surface area contributed by atoms with Gasteiger partial charge in [0.2, 0.25) is 5.91 Å². The number of hydrazone groups is 1. The Balaban J connectivity index is 1.57. The number of hydrogen-bond donors (Lipinski definition) is 1. The van der Waals surface area contributed by atoms with Gasteiger partial charge in [-0.25, -0.2) is 5.43 Å². The van der Waals surface area contributed by atoms with Crippen molar-refractivity contribution in [3.05, 3.63) is 65.9 Å². The number of fused-ring (bicyclic) bond motifs is 1. The van der Waals surface area contributed by atoms with E-state index in [0.29, 0.717) is 22.8 Å². The third kappa shape index (κ3) is 5.00. The monoisotopic (exact) mass is 405 g/mol. The Morgan fingerprint density at radius 2 is 1.73 bits per heavy atom. The zero-order valence-electron chi connectivity index (χ0n) is 17.1. The van der Waals surface area contributed by atoms with Gasteiger partial charge in [0.25, 0.3) is 0 Å². The highest BCUT2D eigenvalue weighted by Crippen LogP contribution is 2.28. The number of para-hydroxylation sites is 1. The molecule has 1 N–H and O–H groups in total. The Morgan fingerprint density at radius 3 is 2.50 bits per heavy atom. The van der Waals surface area contributed by atoms with Crippen molar-refractivity contribution in [3.8, 4) is 11.5 Å². The Morgan fingerprint density at radius 1 is 0.967 bits per heavy atom. The molecule has 0 fully saturated rings. The van der Waals surface area contributed by atoms with E-state index in [-0.39, 0.29) is 24.5 Å². The van der Waals surface area contributed by atoms with E-state index in [0.717, 1.165) is 16.5 Å². The van der Waals surface area contributed by atoms with Crippen molar-refractivity contribution in [1.29, 1.82) is 0 Å². The number of benzene rings is 2. The number of aromatic nitrogens is 1. The minimum atomic E-state index is -0.336. The molecule has 3 rings (SSSR count). The van der Waals surface area contributed by atoms with Gasteiger partial charge in [-0.2, -0.15) is 5.10 Å². The van der Waals surface area contributed by atoms with Crippen LogP contribution in [-0.2, 0) is 4.79 Å². The second kappa shape index (κ2) is 9.65. The fraction of sp³-hybridized carbons (Fsp3) is 0.217. The molecule has 3 aromatic rings. The van der Waals surface area contributed by atoms with Crippen molar-refractivity contribution in [2.75, 3.05) is 14.2 Å². The molecule has 0 unspecified atom stereocenters. The van der Waals surface area contributed by atoms with Crippen LogP contribution in [0, 0.1) is 0 Å². The van der Waals surface area contributed by atoms with Gasteiger partial charge in [0.05, 0.1) is 25.4 Å². The molecule has 1 amide bonds. The molecule has 7 heteroatoms. The predicted molar refractivity (Wildman–Crippen MR) is 115 cm³/mol. The van der Waals surface area contributed by atoms with Gasteiger partial charge in [0.15, 0.2) is 17.3 Å². The summed E-state index contributed by atoms with van der Waals surface area (Å²) in [5, 5.41) is 5.13. The lowest BCUT2D eigenvalue weighted by molar-refractivity contribution is -0.121. The van der Waals surface area contributed by atoms with Gasteiger partial charge >= 0.3 is 0 Å². The topological polar surface area (TPSA) is 89.9 Å². The minimum absolute atomic E-state index is 0.0277. The smallest absolute Gasteiger partial charge is 0.240 e. The number of nitrogens with one attached hydrogen (secondary N) is 1. The number of ketones is 1. The standard InChI is InChI=1S/C23H23N3O4/c1-15(18-12-16-6-4-5-7-19(16)24-14-18)25-26-23(28)11-9-20(27)17-8-10-21(29-2)22(13-17)30-3/h4-8,10,12-14H,9,11H2,1-3H3,(H,26,28)/b25-15+. The number of carbonyl (C=O) groups excluding carboxylic acids is 2. The number of hydrogen-bond acceptors (Lipinski definition) is 6. The van der Waals surface area contributed by atoms with Crippen molar-refractivity contribution in [1.82, 2.24) is 10.4 Å². The van der Waals surface area contributed by atoms with Crippen LogP contribution in [0.3, 0.4) is 0 Å². The predicted octanol–water partition coefficient (Wildman–Crippen LogP) is 3.76. The average Bonchev–Trinajstić information content (AvgIpc) is 2.79. The van der Waals surface area contributed by atoms with Crippen molar-refractivity contribution in [2.24, 2.45) is 5.10 Å². The lowest BCUT2D eigenvalue weighted by atomic mass is 10.1. The first kappa shape index (κ1) is 21.0. The quantitative estimate of drug-likeness (QED) is 0.350. The normalized spacial score (nSPS) is 11.2. The molecule has 7 nitrogen and oxygen atoms in total. The molecule has 1 aromatic heterocycles. The van der Waals surface area contributed by atoms with Crippen LogP contribution in [-0.4, -0.2) is 36.6 Å². The summed E-state index contributed by atoms with van der Waals surface area (Å²) in [6.07, 6.45) is 1.81. The molecular formula is C23H23N3O4. The van der Waals surface area contributed by atoms with Crippen LogP contribution >= 0.6 is 0 Å². The largest absolute Gasteiger partial charge is 0.493 e. The first-order chi connectivity index (χ1) is 14.5. The molecule has 0 aliphatic heterocycles. The highest BCUT2D eigenvalue weighted by atomic mass is 16.5. The van der Waals surface area contributed by atoms with E-state index in [1.54, 1.807) is 31.3 Å². The number of ether oxygens (including phenoxy) is 2. The van der Waals surface area contributed by atoms with Gasteiger partial charge in [-0.15, -0.1) is 0 Å². The zero-order valence-corrected chi connectivity index (χ0v) is 17.1. The Labute approximate surface area is 174 Å². The summed E-state index contributed by atoms with van der Waals surface area (Å²) in [5.74, 6) is 0.513. The molecule has 0 saturated heterocycles. The summed E-state index contributed by atoms with van der Waals surface area (Å²) in [6.45, 7) is 1.79. The first-order valence-corrected chi connectivity index (χ1v) is 9.45. The molecule has 2 aromatic carbocycles. The third-order valence-electron chi connectivity index (χ3n) is 4.64. The van der Waals surface area contributed by atoms with Crippen LogP contribution in [0.5, 0.6) is 11.5 Å². The third-order valence-corrected chi connectivity index (χ3v) is 4.64. The van der Waals surface area contributed by atoms with E-state index < -0.39 is 0 Å². The molecule has 0 aliphatic rings. The van der Waals surface area contributed by atoms with Gasteiger partial charge < -0.3 is 9.47 Å². The summed E-state index contributed by atoms with van der Waals surface area (Å²) < 4.78 is 10.4. The maximum absolute atomic E-state index is 12.4. The second-order valence-corrected chi connectivity index (χ2v) is 6.64. The van der Waals surface area contributed by atoms with E-state index in [9.17, 15) is 9.59 Å². The van der Waals surface area contributed by atoms with Crippen LogP contribution in [0.4, 0.5) is 0 Å². The summed E-state index contributed by atoms with van der Waals surface area (Å²) in [5.41, 5.74) is 5.30. The highest BCUT2D eigenvalue weighted by Gasteiger charge is 2.13. The lowest BCUT2D eigenvalue weighted by Gasteiger charge is -2.09. The van der Waals surface area contributed by atoms with Crippen LogP contribution in [0.2, 0.25) is 0 Å². The molecule has 1 heterocycles. The van der Waals surface area contributed by atoms with Gasteiger partial charge in [0.1, 0.15) is 0 Å². The van der Waals surface area contributed by atoms with Gasteiger partial charge in [-0.05, 0) is 37.3 Å².